The van der Waals surface area contributed by atoms with Crippen LogP contribution in [-0.2, 0) is 11.3 Å². The van der Waals surface area contributed by atoms with Crippen molar-refractivity contribution >= 4 is 5.82 Å². The molecule has 1 aliphatic heterocycles. The number of hydrogen-bond donors (Lipinski definition) is 1. The lowest BCUT2D eigenvalue weighted by atomic mass is 10.0. The smallest absolute Gasteiger partial charge is 0.131 e. The summed E-state index contributed by atoms with van der Waals surface area (Å²) in [7, 11) is 2.13. The highest BCUT2D eigenvalue weighted by Gasteiger charge is 2.17. The fourth-order valence-corrected chi connectivity index (χ4v) is 2.82. The Morgan fingerprint density at radius 3 is 3.00 bits per heavy atom. The van der Waals surface area contributed by atoms with E-state index in [1.165, 1.54) is 24.0 Å². The molecular weight excluding hydrogens is 250 g/mol. The number of rotatable bonds is 6. The maximum Gasteiger partial charge on any atom is 0.131 e. The molecule has 0 bridgehead atoms. The maximum atomic E-state index is 5.56. The van der Waals surface area contributed by atoms with Crippen molar-refractivity contribution < 1.29 is 4.74 Å². The molecule has 1 N–H and O–H groups in total. The van der Waals surface area contributed by atoms with E-state index in [1.54, 1.807) is 0 Å². The third kappa shape index (κ3) is 4.18. The second-order valence-corrected chi connectivity index (χ2v) is 5.73. The molecule has 0 amide bonds. The molecule has 0 aliphatic carbocycles. The number of hydrogen-bond acceptors (Lipinski definition) is 4. The Labute approximate surface area is 122 Å². The van der Waals surface area contributed by atoms with Gasteiger partial charge in [-0.3, -0.25) is 0 Å². The summed E-state index contributed by atoms with van der Waals surface area (Å²) in [6.45, 7) is 8.99. The molecule has 4 nitrogen and oxygen atoms in total. The fourth-order valence-electron chi connectivity index (χ4n) is 2.82. The van der Waals surface area contributed by atoms with E-state index in [0.717, 1.165) is 38.7 Å². The van der Waals surface area contributed by atoms with Crippen molar-refractivity contribution in [2.45, 2.75) is 33.2 Å². The number of nitrogens with one attached hydrogen (secondary N) is 1. The van der Waals surface area contributed by atoms with Crippen LogP contribution in [0.4, 0.5) is 5.82 Å². The minimum absolute atomic E-state index is 0.636. The van der Waals surface area contributed by atoms with Gasteiger partial charge in [-0.15, -0.1) is 0 Å². The first-order chi connectivity index (χ1) is 9.70. The van der Waals surface area contributed by atoms with Crippen LogP contribution in [0.15, 0.2) is 12.3 Å². The molecule has 1 saturated heterocycles. The Balaban J connectivity index is 1.96. The van der Waals surface area contributed by atoms with Crippen LogP contribution in [0.1, 0.15) is 30.9 Å². The minimum atomic E-state index is 0.636. The van der Waals surface area contributed by atoms with Gasteiger partial charge in [0, 0.05) is 32.9 Å². The summed E-state index contributed by atoms with van der Waals surface area (Å²) in [6, 6.07) is 2.23. The van der Waals surface area contributed by atoms with Crippen LogP contribution in [-0.4, -0.2) is 38.3 Å². The lowest BCUT2D eigenvalue weighted by molar-refractivity contribution is 0.0576. The first-order valence-corrected chi connectivity index (χ1v) is 7.65. The molecule has 0 aromatic carbocycles. The molecule has 1 fully saturated rings. The van der Waals surface area contributed by atoms with Crippen LogP contribution < -0.4 is 10.2 Å². The van der Waals surface area contributed by atoms with E-state index in [9.17, 15) is 0 Å². The van der Waals surface area contributed by atoms with E-state index < -0.39 is 0 Å². The van der Waals surface area contributed by atoms with E-state index in [4.69, 9.17) is 4.74 Å². The van der Waals surface area contributed by atoms with Crippen LogP contribution in [0.5, 0.6) is 0 Å². The zero-order valence-corrected chi connectivity index (χ0v) is 13.0. The third-order valence-corrected chi connectivity index (χ3v) is 3.83. The molecule has 2 heterocycles. The van der Waals surface area contributed by atoms with Crippen molar-refractivity contribution in [2.75, 3.05) is 38.3 Å². The van der Waals surface area contributed by atoms with Gasteiger partial charge in [-0.1, -0.05) is 6.92 Å². The number of pyridine rings is 1. The van der Waals surface area contributed by atoms with Gasteiger partial charge in [0.1, 0.15) is 5.82 Å². The van der Waals surface area contributed by atoms with Crippen LogP contribution in [0.3, 0.4) is 0 Å². The summed E-state index contributed by atoms with van der Waals surface area (Å²) >= 11 is 0. The first-order valence-electron chi connectivity index (χ1n) is 7.65. The molecule has 112 valence electrons. The van der Waals surface area contributed by atoms with Gasteiger partial charge in [0.15, 0.2) is 0 Å². The minimum Gasteiger partial charge on any atom is -0.381 e. The maximum absolute atomic E-state index is 5.56. The first kappa shape index (κ1) is 15.3. The highest BCUT2D eigenvalue weighted by molar-refractivity contribution is 5.46. The van der Waals surface area contributed by atoms with Crippen LogP contribution in [0.2, 0.25) is 0 Å². The van der Waals surface area contributed by atoms with E-state index in [-0.39, 0.29) is 0 Å². The van der Waals surface area contributed by atoms with Crippen LogP contribution in [0, 0.1) is 12.8 Å². The van der Waals surface area contributed by atoms with E-state index in [1.807, 2.05) is 6.20 Å². The standard InChI is InChI=1S/C16H27N3O/c1-4-17-9-15-8-13(2)16(18-10-15)19(3)11-14-6-5-7-20-12-14/h8,10,14,17H,4-7,9,11-12H2,1-3H3. The largest absolute Gasteiger partial charge is 0.381 e. The number of aromatic nitrogens is 1. The zero-order valence-electron chi connectivity index (χ0n) is 13.0. The fraction of sp³-hybridized carbons (Fsp3) is 0.688. The summed E-state index contributed by atoms with van der Waals surface area (Å²) in [6.07, 6.45) is 4.44. The van der Waals surface area contributed by atoms with Crippen molar-refractivity contribution in [1.29, 1.82) is 0 Å². The quantitative estimate of drug-likeness (QED) is 0.866. The van der Waals surface area contributed by atoms with E-state index in [0.29, 0.717) is 5.92 Å². The predicted octanol–water partition coefficient (Wildman–Crippen LogP) is 2.36. The SMILES string of the molecule is CCNCc1cnc(N(C)CC2CCCOC2)c(C)c1. The lowest BCUT2D eigenvalue weighted by Gasteiger charge is -2.28. The Morgan fingerprint density at radius 1 is 1.50 bits per heavy atom. The van der Waals surface area contributed by atoms with Crippen molar-refractivity contribution in [3.05, 3.63) is 23.4 Å². The van der Waals surface area contributed by atoms with Crippen molar-refractivity contribution in [2.24, 2.45) is 5.92 Å². The van der Waals surface area contributed by atoms with Crippen LogP contribution >= 0.6 is 0 Å². The molecule has 20 heavy (non-hydrogen) atoms. The topological polar surface area (TPSA) is 37.4 Å². The average Bonchev–Trinajstić information content (AvgIpc) is 2.46. The zero-order chi connectivity index (χ0) is 14.4. The lowest BCUT2D eigenvalue weighted by Crippen LogP contribution is -2.31. The number of aryl methyl sites for hydroxylation is 1. The van der Waals surface area contributed by atoms with Gasteiger partial charge in [0.25, 0.3) is 0 Å². The summed E-state index contributed by atoms with van der Waals surface area (Å²) in [4.78, 5) is 6.91. The summed E-state index contributed by atoms with van der Waals surface area (Å²) in [5.41, 5.74) is 2.50. The molecule has 2 rings (SSSR count). The highest BCUT2D eigenvalue weighted by Crippen LogP contribution is 2.21. The molecule has 0 saturated carbocycles. The molecule has 1 aliphatic rings. The Hall–Kier alpha value is -1.13. The van der Waals surface area contributed by atoms with E-state index >= 15 is 0 Å². The second-order valence-electron chi connectivity index (χ2n) is 5.73. The normalized spacial score (nSPS) is 19.1. The Kier molecular flexibility index (Phi) is 5.80. The highest BCUT2D eigenvalue weighted by atomic mass is 16.5. The van der Waals surface area contributed by atoms with Gasteiger partial charge in [-0.2, -0.15) is 0 Å². The number of nitrogens with zero attached hydrogens (tertiary/aromatic N) is 2. The second kappa shape index (κ2) is 7.60. The summed E-state index contributed by atoms with van der Waals surface area (Å²) < 4.78 is 5.56. The van der Waals surface area contributed by atoms with Gasteiger partial charge >= 0.3 is 0 Å². The molecule has 1 atom stereocenters. The summed E-state index contributed by atoms with van der Waals surface area (Å²) in [5.74, 6) is 1.73. The van der Waals surface area contributed by atoms with Gasteiger partial charge in [-0.05, 0) is 49.4 Å². The molecule has 1 unspecified atom stereocenters. The average molecular weight is 277 g/mol. The van der Waals surface area contributed by atoms with Gasteiger partial charge in [0.2, 0.25) is 0 Å². The number of anilines is 1. The monoisotopic (exact) mass is 277 g/mol. The molecule has 4 heteroatoms. The van der Waals surface area contributed by atoms with Gasteiger partial charge < -0.3 is 15.0 Å². The van der Waals surface area contributed by atoms with Gasteiger partial charge in [0.05, 0.1) is 6.61 Å². The number of ether oxygens (including phenoxy) is 1. The Morgan fingerprint density at radius 2 is 2.35 bits per heavy atom. The van der Waals surface area contributed by atoms with Crippen molar-refractivity contribution in [3.63, 3.8) is 0 Å². The molecule has 1 aromatic heterocycles. The van der Waals surface area contributed by atoms with E-state index in [2.05, 4.69) is 42.2 Å². The molecule has 0 spiro atoms. The van der Waals surface area contributed by atoms with Crippen molar-refractivity contribution in [1.82, 2.24) is 10.3 Å². The molecule has 1 aromatic rings. The molecular formula is C16H27N3O. The van der Waals surface area contributed by atoms with Crippen molar-refractivity contribution in [3.8, 4) is 0 Å². The summed E-state index contributed by atoms with van der Waals surface area (Å²) in [5, 5.41) is 3.34. The van der Waals surface area contributed by atoms with Gasteiger partial charge in [-0.25, -0.2) is 4.98 Å². The van der Waals surface area contributed by atoms with Crippen LogP contribution in [0.25, 0.3) is 0 Å². The molecule has 0 radical (unpaired) electrons. The predicted molar refractivity (Wildman–Crippen MR) is 83.2 cm³/mol. The Bertz CT molecular complexity index is 416. The third-order valence-electron chi connectivity index (χ3n) is 3.83.